The average Bonchev–Trinajstić information content (AvgIpc) is 2.98. The van der Waals surface area contributed by atoms with Crippen molar-refractivity contribution in [3.63, 3.8) is 0 Å². The van der Waals surface area contributed by atoms with Gasteiger partial charge in [0.05, 0.1) is 5.56 Å². The van der Waals surface area contributed by atoms with Crippen LogP contribution in [0.5, 0.6) is 5.75 Å². The first-order valence-corrected chi connectivity index (χ1v) is 9.62. The van der Waals surface area contributed by atoms with Crippen LogP contribution in [0.15, 0.2) is 48.5 Å². The lowest BCUT2D eigenvalue weighted by Crippen LogP contribution is -2.39. The molecule has 1 saturated heterocycles. The minimum absolute atomic E-state index is 0.0295. The number of hydrogen-bond donors (Lipinski definition) is 0. The van der Waals surface area contributed by atoms with Gasteiger partial charge in [-0.25, -0.2) is 4.39 Å². The summed E-state index contributed by atoms with van der Waals surface area (Å²) in [6, 6.07) is 13.7. The zero-order valence-corrected chi connectivity index (χ0v) is 16.1. The van der Waals surface area contributed by atoms with E-state index in [9.17, 15) is 14.0 Å². The molecule has 5 nitrogen and oxygen atoms in total. The van der Waals surface area contributed by atoms with Crippen molar-refractivity contribution < 1.29 is 18.7 Å². The van der Waals surface area contributed by atoms with Gasteiger partial charge < -0.3 is 14.5 Å². The quantitative estimate of drug-likeness (QED) is 0.796. The minimum atomic E-state index is -0.521. The third kappa shape index (κ3) is 4.68. The number of halogens is 1. The SMILES string of the molecule is CCc1ccccc1OCC(=O)N1CCCN(C(=O)c2ccccc2F)CC1. The second-order valence-corrected chi connectivity index (χ2v) is 6.76. The predicted octanol–water partition coefficient (Wildman–Crippen LogP) is 3.14. The second-order valence-electron chi connectivity index (χ2n) is 6.76. The van der Waals surface area contributed by atoms with Crippen LogP contribution in [0.4, 0.5) is 4.39 Å². The van der Waals surface area contributed by atoms with Gasteiger partial charge in [-0.2, -0.15) is 0 Å². The van der Waals surface area contributed by atoms with Crippen LogP contribution in [0.1, 0.15) is 29.3 Å². The molecule has 0 radical (unpaired) electrons. The smallest absolute Gasteiger partial charge is 0.260 e. The first-order chi connectivity index (χ1) is 13.6. The fourth-order valence-electron chi connectivity index (χ4n) is 3.34. The van der Waals surface area contributed by atoms with Gasteiger partial charge in [0.2, 0.25) is 0 Å². The van der Waals surface area contributed by atoms with Crippen LogP contribution in [-0.4, -0.2) is 54.4 Å². The summed E-state index contributed by atoms with van der Waals surface area (Å²) in [6.07, 6.45) is 1.48. The summed E-state index contributed by atoms with van der Waals surface area (Å²) in [7, 11) is 0. The Morgan fingerprint density at radius 1 is 0.964 bits per heavy atom. The van der Waals surface area contributed by atoms with Gasteiger partial charge in [0.1, 0.15) is 11.6 Å². The fourth-order valence-corrected chi connectivity index (χ4v) is 3.34. The molecular weight excluding hydrogens is 359 g/mol. The van der Waals surface area contributed by atoms with Crippen LogP contribution in [0.3, 0.4) is 0 Å². The maximum Gasteiger partial charge on any atom is 0.260 e. The van der Waals surface area contributed by atoms with E-state index in [0.29, 0.717) is 32.6 Å². The van der Waals surface area contributed by atoms with E-state index in [2.05, 4.69) is 0 Å². The molecule has 6 heteroatoms. The van der Waals surface area contributed by atoms with Crippen molar-refractivity contribution in [2.45, 2.75) is 19.8 Å². The zero-order valence-electron chi connectivity index (χ0n) is 16.1. The van der Waals surface area contributed by atoms with Crippen LogP contribution in [-0.2, 0) is 11.2 Å². The summed E-state index contributed by atoms with van der Waals surface area (Å²) in [5, 5.41) is 0. The molecule has 1 aliphatic heterocycles. The molecule has 2 aromatic carbocycles. The first kappa shape index (κ1) is 19.9. The summed E-state index contributed by atoms with van der Waals surface area (Å²) < 4.78 is 19.6. The van der Waals surface area contributed by atoms with Gasteiger partial charge in [-0.05, 0) is 36.6 Å². The van der Waals surface area contributed by atoms with E-state index < -0.39 is 5.82 Å². The number of carbonyl (C=O) groups excluding carboxylic acids is 2. The lowest BCUT2D eigenvalue weighted by atomic mass is 10.1. The standard InChI is InChI=1S/C22H25FN2O3/c1-2-17-8-3-6-11-20(17)28-16-21(26)24-12-7-13-25(15-14-24)22(27)18-9-4-5-10-19(18)23/h3-6,8-11H,2,7,12-16H2,1H3. The van der Waals surface area contributed by atoms with Crippen LogP contribution < -0.4 is 4.74 Å². The van der Waals surface area contributed by atoms with Gasteiger partial charge in [-0.1, -0.05) is 37.3 Å². The topological polar surface area (TPSA) is 49.9 Å². The number of rotatable bonds is 5. The Morgan fingerprint density at radius 2 is 1.64 bits per heavy atom. The van der Waals surface area contributed by atoms with Gasteiger partial charge in [0.15, 0.2) is 6.61 Å². The van der Waals surface area contributed by atoms with Crippen LogP contribution in [0.2, 0.25) is 0 Å². The highest BCUT2D eigenvalue weighted by Gasteiger charge is 2.24. The first-order valence-electron chi connectivity index (χ1n) is 9.62. The highest BCUT2D eigenvalue weighted by molar-refractivity contribution is 5.94. The number of carbonyl (C=O) groups is 2. The number of nitrogens with zero attached hydrogens (tertiary/aromatic N) is 2. The molecule has 148 valence electrons. The number of hydrogen-bond acceptors (Lipinski definition) is 3. The van der Waals surface area contributed by atoms with E-state index in [4.69, 9.17) is 4.74 Å². The zero-order chi connectivity index (χ0) is 19.9. The van der Waals surface area contributed by atoms with Crippen molar-refractivity contribution in [3.05, 3.63) is 65.5 Å². The Kier molecular flexibility index (Phi) is 6.63. The molecule has 1 fully saturated rings. The summed E-state index contributed by atoms with van der Waals surface area (Å²) in [5.41, 5.74) is 1.13. The van der Waals surface area contributed by atoms with Crippen molar-refractivity contribution in [3.8, 4) is 5.75 Å². The van der Waals surface area contributed by atoms with Gasteiger partial charge in [0, 0.05) is 26.2 Å². The van der Waals surface area contributed by atoms with Crippen LogP contribution in [0, 0.1) is 5.82 Å². The van der Waals surface area contributed by atoms with E-state index in [0.717, 1.165) is 17.7 Å². The highest BCUT2D eigenvalue weighted by atomic mass is 19.1. The maximum atomic E-state index is 13.9. The van der Waals surface area contributed by atoms with Crippen molar-refractivity contribution in [1.82, 2.24) is 9.80 Å². The number of aryl methyl sites for hydroxylation is 1. The van der Waals surface area contributed by atoms with E-state index in [1.807, 2.05) is 31.2 Å². The lowest BCUT2D eigenvalue weighted by Gasteiger charge is -2.22. The monoisotopic (exact) mass is 384 g/mol. The Bertz CT molecular complexity index is 840. The van der Waals surface area contributed by atoms with Gasteiger partial charge in [-0.3, -0.25) is 9.59 Å². The summed E-state index contributed by atoms with van der Waals surface area (Å²) in [5.74, 6) is -0.233. The van der Waals surface area contributed by atoms with Crippen molar-refractivity contribution >= 4 is 11.8 Å². The molecule has 0 N–H and O–H groups in total. The van der Waals surface area contributed by atoms with E-state index in [-0.39, 0.29) is 24.0 Å². The molecule has 0 aliphatic carbocycles. The fraction of sp³-hybridized carbons (Fsp3) is 0.364. The Hall–Kier alpha value is -2.89. The maximum absolute atomic E-state index is 13.9. The van der Waals surface area contributed by atoms with E-state index in [1.165, 1.54) is 12.1 Å². The minimum Gasteiger partial charge on any atom is -0.483 e. The summed E-state index contributed by atoms with van der Waals surface area (Å²) in [4.78, 5) is 28.5. The van der Waals surface area contributed by atoms with Crippen LogP contribution >= 0.6 is 0 Å². The molecule has 28 heavy (non-hydrogen) atoms. The normalized spacial score (nSPS) is 14.5. The molecule has 0 spiro atoms. The Balaban J connectivity index is 1.56. The van der Waals surface area contributed by atoms with Crippen molar-refractivity contribution in [2.24, 2.45) is 0 Å². The molecule has 0 unspecified atom stereocenters. The molecule has 3 rings (SSSR count). The third-order valence-corrected chi connectivity index (χ3v) is 4.94. The predicted molar refractivity (Wildman–Crippen MR) is 105 cm³/mol. The molecule has 0 atom stereocenters. The molecular formula is C22H25FN2O3. The van der Waals surface area contributed by atoms with Gasteiger partial charge in [0.25, 0.3) is 11.8 Å². The molecule has 2 amide bonds. The van der Waals surface area contributed by atoms with E-state index >= 15 is 0 Å². The van der Waals surface area contributed by atoms with Gasteiger partial charge in [-0.15, -0.1) is 0 Å². The second kappa shape index (κ2) is 9.35. The van der Waals surface area contributed by atoms with Crippen LogP contribution in [0.25, 0.3) is 0 Å². The average molecular weight is 384 g/mol. The number of benzene rings is 2. The van der Waals surface area contributed by atoms with Crippen molar-refractivity contribution in [1.29, 1.82) is 0 Å². The lowest BCUT2D eigenvalue weighted by molar-refractivity contribution is -0.133. The van der Waals surface area contributed by atoms with Gasteiger partial charge >= 0.3 is 0 Å². The number of amides is 2. The molecule has 0 bridgehead atoms. The molecule has 0 aromatic heterocycles. The highest BCUT2D eigenvalue weighted by Crippen LogP contribution is 2.18. The molecule has 0 saturated carbocycles. The molecule has 1 aliphatic rings. The number of ether oxygens (including phenoxy) is 1. The Morgan fingerprint density at radius 3 is 2.43 bits per heavy atom. The van der Waals surface area contributed by atoms with Crippen molar-refractivity contribution in [2.75, 3.05) is 32.8 Å². The molecule has 1 heterocycles. The summed E-state index contributed by atoms with van der Waals surface area (Å²) in [6.45, 7) is 3.86. The largest absolute Gasteiger partial charge is 0.483 e. The Labute approximate surface area is 164 Å². The summed E-state index contributed by atoms with van der Waals surface area (Å²) >= 11 is 0. The number of para-hydroxylation sites is 1. The third-order valence-electron chi connectivity index (χ3n) is 4.94. The van der Waals surface area contributed by atoms with E-state index in [1.54, 1.807) is 21.9 Å². The molecule has 2 aromatic rings.